The summed E-state index contributed by atoms with van der Waals surface area (Å²) in [5, 5.41) is 3.74. The molecule has 1 heterocycles. The third-order valence-electron chi connectivity index (χ3n) is 6.71. The van der Waals surface area contributed by atoms with E-state index in [0.717, 1.165) is 50.3 Å². The maximum absolute atomic E-state index is 12.1. The van der Waals surface area contributed by atoms with Crippen LogP contribution in [0.15, 0.2) is 78.9 Å². The van der Waals surface area contributed by atoms with Crippen LogP contribution >= 0.6 is 11.6 Å². The first kappa shape index (κ1) is 25.3. The van der Waals surface area contributed by atoms with Crippen molar-refractivity contribution >= 4 is 23.2 Å². The van der Waals surface area contributed by atoms with Crippen molar-refractivity contribution in [1.29, 1.82) is 0 Å². The first-order valence-electron chi connectivity index (χ1n) is 12.6. The van der Waals surface area contributed by atoms with Crippen LogP contribution in [0, 0.1) is 5.92 Å². The van der Waals surface area contributed by atoms with Crippen LogP contribution < -0.4 is 10.1 Å². The number of carbonyl (C=O) groups excluding carboxylic acids is 1. The Morgan fingerprint density at radius 2 is 1.71 bits per heavy atom. The van der Waals surface area contributed by atoms with E-state index in [0.29, 0.717) is 10.9 Å². The van der Waals surface area contributed by atoms with Gasteiger partial charge >= 0.3 is 0 Å². The molecule has 1 aliphatic heterocycles. The third kappa shape index (κ3) is 7.33. The monoisotopic (exact) mass is 490 g/mol. The highest BCUT2D eigenvalue weighted by molar-refractivity contribution is 6.30. The zero-order chi connectivity index (χ0) is 24.6. The first-order valence-corrected chi connectivity index (χ1v) is 13.0. The normalized spacial score (nSPS) is 15.7. The molecule has 1 fully saturated rings. The van der Waals surface area contributed by atoms with Gasteiger partial charge in [-0.15, -0.1) is 0 Å². The SMILES string of the molecule is CC(C)C(=O)Nc1cccc(C2CCN(CCC(Oc3ccc(Cl)cc3)c3ccccc3)CC2)c1. The molecule has 1 saturated heterocycles. The number of hydrogen-bond acceptors (Lipinski definition) is 3. The topological polar surface area (TPSA) is 41.6 Å². The van der Waals surface area contributed by atoms with Gasteiger partial charge in [-0.25, -0.2) is 0 Å². The lowest BCUT2D eigenvalue weighted by atomic mass is 9.89. The van der Waals surface area contributed by atoms with Crippen molar-refractivity contribution in [1.82, 2.24) is 4.90 Å². The Balaban J connectivity index is 1.32. The van der Waals surface area contributed by atoms with E-state index in [4.69, 9.17) is 16.3 Å². The third-order valence-corrected chi connectivity index (χ3v) is 6.96. The van der Waals surface area contributed by atoms with Gasteiger partial charge in [0.2, 0.25) is 5.91 Å². The Morgan fingerprint density at radius 3 is 2.40 bits per heavy atom. The average Bonchev–Trinajstić information content (AvgIpc) is 2.88. The molecule has 0 aliphatic carbocycles. The first-order chi connectivity index (χ1) is 17.0. The molecule has 1 atom stereocenters. The zero-order valence-electron chi connectivity index (χ0n) is 20.6. The Hall–Kier alpha value is -2.82. The molecule has 3 aromatic carbocycles. The van der Waals surface area contributed by atoms with Crippen LogP contribution in [0.3, 0.4) is 0 Å². The Kier molecular flexibility index (Phi) is 8.84. The number of anilines is 1. The molecular formula is C30H35ClN2O2. The van der Waals surface area contributed by atoms with Gasteiger partial charge in [0.05, 0.1) is 0 Å². The van der Waals surface area contributed by atoms with E-state index < -0.39 is 0 Å². The Labute approximate surface area is 214 Å². The standard InChI is InChI=1S/C30H35ClN2O2/c1-22(2)30(34)32-27-10-6-9-25(21-27)23-15-18-33(19-16-23)20-17-29(24-7-4-3-5-8-24)35-28-13-11-26(31)12-14-28/h3-14,21-23,29H,15-20H2,1-2H3,(H,32,34). The number of piperidine rings is 1. The van der Waals surface area contributed by atoms with Crippen LogP contribution in [0.2, 0.25) is 5.02 Å². The van der Waals surface area contributed by atoms with Crippen molar-refractivity contribution in [2.24, 2.45) is 5.92 Å². The second kappa shape index (κ2) is 12.2. The highest BCUT2D eigenvalue weighted by Crippen LogP contribution is 2.31. The number of carbonyl (C=O) groups is 1. The number of hydrogen-bond donors (Lipinski definition) is 1. The maximum Gasteiger partial charge on any atom is 0.226 e. The highest BCUT2D eigenvalue weighted by atomic mass is 35.5. The molecule has 1 N–H and O–H groups in total. The molecule has 0 aromatic heterocycles. The summed E-state index contributed by atoms with van der Waals surface area (Å²) in [4.78, 5) is 14.6. The molecule has 5 heteroatoms. The lowest BCUT2D eigenvalue weighted by Gasteiger charge is -2.33. The molecule has 4 rings (SSSR count). The maximum atomic E-state index is 12.1. The van der Waals surface area contributed by atoms with Crippen LogP contribution in [0.25, 0.3) is 0 Å². The molecule has 3 aromatic rings. The molecule has 0 saturated carbocycles. The number of rotatable bonds is 9. The number of nitrogens with one attached hydrogen (secondary N) is 1. The van der Waals surface area contributed by atoms with Crippen LogP contribution in [-0.2, 0) is 4.79 Å². The van der Waals surface area contributed by atoms with Crippen molar-refractivity contribution < 1.29 is 9.53 Å². The van der Waals surface area contributed by atoms with Crippen LogP contribution in [0.1, 0.15) is 56.3 Å². The lowest BCUT2D eigenvalue weighted by Crippen LogP contribution is -2.34. The highest BCUT2D eigenvalue weighted by Gasteiger charge is 2.23. The summed E-state index contributed by atoms with van der Waals surface area (Å²) in [6, 6.07) is 26.4. The van der Waals surface area contributed by atoms with Crippen molar-refractivity contribution in [2.45, 2.75) is 45.1 Å². The van der Waals surface area contributed by atoms with Gasteiger partial charge in [-0.2, -0.15) is 0 Å². The summed E-state index contributed by atoms with van der Waals surface area (Å²) < 4.78 is 6.38. The van der Waals surface area contributed by atoms with E-state index in [1.807, 2.05) is 50.2 Å². The van der Waals surface area contributed by atoms with Gasteiger partial charge in [-0.3, -0.25) is 4.79 Å². The summed E-state index contributed by atoms with van der Waals surface area (Å²) in [7, 11) is 0. The van der Waals surface area contributed by atoms with E-state index in [-0.39, 0.29) is 17.9 Å². The van der Waals surface area contributed by atoms with Gasteiger partial charge in [0.15, 0.2) is 0 Å². The number of likely N-dealkylation sites (tertiary alicyclic amines) is 1. The van der Waals surface area contributed by atoms with Gasteiger partial charge in [-0.05, 0) is 79.4 Å². The molecule has 1 amide bonds. The number of ether oxygens (including phenoxy) is 1. The van der Waals surface area contributed by atoms with E-state index in [1.54, 1.807) is 0 Å². The van der Waals surface area contributed by atoms with Gasteiger partial charge < -0.3 is 15.0 Å². The second-order valence-corrected chi connectivity index (χ2v) is 10.1. The summed E-state index contributed by atoms with van der Waals surface area (Å²) in [5.41, 5.74) is 3.41. The van der Waals surface area contributed by atoms with Gasteiger partial charge in [0.25, 0.3) is 0 Å². The van der Waals surface area contributed by atoms with Crippen LogP contribution in [0.4, 0.5) is 5.69 Å². The van der Waals surface area contributed by atoms with Crippen molar-refractivity contribution in [3.63, 3.8) is 0 Å². The predicted molar refractivity (Wildman–Crippen MR) is 144 cm³/mol. The number of nitrogens with zero attached hydrogens (tertiary/aromatic N) is 1. The van der Waals surface area contributed by atoms with E-state index in [2.05, 4.69) is 52.7 Å². The Bertz CT molecular complexity index is 1080. The average molecular weight is 491 g/mol. The van der Waals surface area contributed by atoms with Crippen LogP contribution in [-0.4, -0.2) is 30.4 Å². The molecule has 0 radical (unpaired) electrons. The molecule has 1 aliphatic rings. The summed E-state index contributed by atoms with van der Waals surface area (Å²) in [5.74, 6) is 1.40. The predicted octanol–water partition coefficient (Wildman–Crippen LogP) is 7.32. The smallest absolute Gasteiger partial charge is 0.226 e. The van der Waals surface area contributed by atoms with Gasteiger partial charge in [0, 0.05) is 29.6 Å². The lowest BCUT2D eigenvalue weighted by molar-refractivity contribution is -0.118. The fourth-order valence-corrected chi connectivity index (χ4v) is 4.71. The quantitative estimate of drug-likeness (QED) is 0.341. The minimum absolute atomic E-state index is 0.00338. The molecular weight excluding hydrogens is 456 g/mol. The molecule has 0 spiro atoms. The second-order valence-electron chi connectivity index (χ2n) is 9.65. The number of amides is 1. The Morgan fingerprint density at radius 1 is 1.00 bits per heavy atom. The summed E-state index contributed by atoms with van der Waals surface area (Å²) >= 11 is 6.05. The van der Waals surface area contributed by atoms with Crippen molar-refractivity contribution in [3.8, 4) is 5.75 Å². The molecule has 184 valence electrons. The van der Waals surface area contributed by atoms with Gasteiger partial charge in [0.1, 0.15) is 11.9 Å². The van der Waals surface area contributed by atoms with E-state index in [9.17, 15) is 4.79 Å². The molecule has 4 nitrogen and oxygen atoms in total. The summed E-state index contributed by atoms with van der Waals surface area (Å²) in [6.07, 6.45) is 3.16. The number of benzene rings is 3. The zero-order valence-corrected chi connectivity index (χ0v) is 21.4. The van der Waals surface area contributed by atoms with Crippen molar-refractivity contribution in [2.75, 3.05) is 25.0 Å². The van der Waals surface area contributed by atoms with Crippen molar-refractivity contribution in [3.05, 3.63) is 95.0 Å². The molecule has 1 unspecified atom stereocenters. The minimum Gasteiger partial charge on any atom is -0.486 e. The molecule has 35 heavy (non-hydrogen) atoms. The fraction of sp³-hybridized carbons (Fsp3) is 0.367. The largest absolute Gasteiger partial charge is 0.486 e. The van der Waals surface area contributed by atoms with Gasteiger partial charge in [-0.1, -0.05) is 67.9 Å². The number of halogens is 1. The molecule has 0 bridgehead atoms. The summed E-state index contributed by atoms with van der Waals surface area (Å²) in [6.45, 7) is 6.95. The minimum atomic E-state index is -0.0229. The fourth-order valence-electron chi connectivity index (χ4n) is 4.59. The van der Waals surface area contributed by atoms with Crippen LogP contribution in [0.5, 0.6) is 5.75 Å². The van der Waals surface area contributed by atoms with E-state index in [1.165, 1.54) is 11.1 Å². The van der Waals surface area contributed by atoms with E-state index >= 15 is 0 Å².